The number of β-amino-alcohol motifs (C(OH)–C–C–N with tert-alkyl or cyclic N) is 1. The maximum Gasteiger partial charge on any atom is 0.273 e. The van der Waals surface area contributed by atoms with Crippen LogP contribution < -0.4 is 5.32 Å². The minimum atomic E-state index is -0.279. The molecule has 0 spiro atoms. The van der Waals surface area contributed by atoms with Gasteiger partial charge in [-0.3, -0.25) is 9.69 Å². The number of aromatic nitrogens is 1. The van der Waals surface area contributed by atoms with Gasteiger partial charge in [0.15, 0.2) is 11.5 Å². The Morgan fingerprint density at radius 1 is 1.46 bits per heavy atom. The lowest BCUT2D eigenvalue weighted by Crippen LogP contribution is -2.37. The molecule has 6 heteroatoms. The van der Waals surface area contributed by atoms with Crippen molar-refractivity contribution in [2.75, 3.05) is 13.1 Å². The number of rotatable bonds is 5. The Hall–Kier alpha value is -2.18. The lowest BCUT2D eigenvalue weighted by Gasteiger charge is -2.28. The van der Waals surface area contributed by atoms with Crippen molar-refractivity contribution in [3.05, 3.63) is 52.9 Å². The van der Waals surface area contributed by atoms with Gasteiger partial charge in [0.1, 0.15) is 0 Å². The summed E-state index contributed by atoms with van der Waals surface area (Å²) in [6.07, 6.45) is 1.54. The summed E-state index contributed by atoms with van der Waals surface area (Å²) >= 11 is 0. The first kappa shape index (κ1) is 16.7. The second-order valence-corrected chi connectivity index (χ2v) is 6.32. The number of amides is 1. The number of hydrogen-bond donors (Lipinski definition) is 2. The van der Waals surface area contributed by atoms with E-state index in [1.54, 1.807) is 6.07 Å². The van der Waals surface area contributed by atoms with Gasteiger partial charge in [0.05, 0.1) is 12.6 Å². The van der Waals surface area contributed by atoms with E-state index < -0.39 is 0 Å². The normalized spacial score (nSPS) is 18.5. The molecule has 3 rings (SSSR count). The summed E-state index contributed by atoms with van der Waals surface area (Å²) in [6.45, 7) is 4.60. The third-order valence-corrected chi connectivity index (χ3v) is 4.35. The summed E-state index contributed by atoms with van der Waals surface area (Å²) in [6, 6.07) is 9.61. The van der Waals surface area contributed by atoms with E-state index in [1.807, 2.05) is 31.2 Å². The van der Waals surface area contributed by atoms with Crippen LogP contribution in [0.2, 0.25) is 0 Å². The molecule has 1 atom stereocenters. The van der Waals surface area contributed by atoms with Crippen LogP contribution in [0.25, 0.3) is 0 Å². The zero-order valence-corrected chi connectivity index (χ0v) is 13.9. The van der Waals surface area contributed by atoms with Gasteiger partial charge in [-0.15, -0.1) is 0 Å². The van der Waals surface area contributed by atoms with Gasteiger partial charge in [-0.2, -0.15) is 0 Å². The average Bonchev–Trinajstić information content (AvgIpc) is 3.02. The molecule has 128 valence electrons. The molecule has 1 amide bonds. The van der Waals surface area contributed by atoms with Crippen LogP contribution in [0, 0.1) is 6.92 Å². The number of carbonyl (C=O) groups excluding carboxylic acids is 1. The van der Waals surface area contributed by atoms with Crippen molar-refractivity contribution >= 4 is 5.91 Å². The fraction of sp³-hybridized carbons (Fsp3) is 0.444. The van der Waals surface area contributed by atoms with E-state index in [4.69, 9.17) is 4.52 Å². The Morgan fingerprint density at radius 2 is 2.29 bits per heavy atom. The molecule has 0 aliphatic carbocycles. The number of likely N-dealkylation sites (tertiary alicyclic amines) is 1. The molecule has 1 aliphatic rings. The minimum Gasteiger partial charge on any atom is -0.392 e. The van der Waals surface area contributed by atoms with E-state index in [1.165, 1.54) is 0 Å². The Bertz CT molecular complexity index is 698. The number of hydrogen-bond acceptors (Lipinski definition) is 5. The molecule has 1 fully saturated rings. The van der Waals surface area contributed by atoms with E-state index in [0.717, 1.165) is 30.5 Å². The van der Waals surface area contributed by atoms with Crippen LogP contribution in [-0.4, -0.2) is 40.3 Å². The number of aliphatic hydroxyl groups is 1. The molecule has 2 aromatic rings. The summed E-state index contributed by atoms with van der Waals surface area (Å²) in [7, 11) is 0. The van der Waals surface area contributed by atoms with Crippen molar-refractivity contribution in [3.8, 4) is 0 Å². The predicted molar refractivity (Wildman–Crippen MR) is 89.4 cm³/mol. The maximum absolute atomic E-state index is 12.2. The second-order valence-electron chi connectivity index (χ2n) is 6.32. The molecule has 0 bridgehead atoms. The largest absolute Gasteiger partial charge is 0.392 e. The van der Waals surface area contributed by atoms with Gasteiger partial charge in [-0.05, 0) is 37.4 Å². The number of nitrogens with zero attached hydrogens (tertiary/aromatic N) is 2. The fourth-order valence-electron chi connectivity index (χ4n) is 2.96. The summed E-state index contributed by atoms with van der Waals surface area (Å²) in [5.74, 6) is 0.400. The zero-order chi connectivity index (χ0) is 16.9. The third kappa shape index (κ3) is 4.21. The zero-order valence-electron chi connectivity index (χ0n) is 13.9. The predicted octanol–water partition coefficient (Wildman–Crippen LogP) is 1.87. The number of piperidine rings is 1. The van der Waals surface area contributed by atoms with Gasteiger partial charge in [0.25, 0.3) is 5.91 Å². The first-order valence-electron chi connectivity index (χ1n) is 8.30. The Balaban J connectivity index is 1.54. The lowest BCUT2D eigenvalue weighted by atomic mass is 10.1. The Morgan fingerprint density at radius 3 is 3.08 bits per heavy atom. The van der Waals surface area contributed by atoms with Gasteiger partial charge in [0.2, 0.25) is 0 Å². The molecule has 1 aromatic heterocycles. The standard InChI is InChI=1S/C18H23N3O3/c1-13-5-2-3-6-14(13)10-19-18(23)17-9-16(24-20-17)12-21-8-4-7-15(22)11-21/h2-3,5-6,9,15,22H,4,7-8,10-12H2,1H3,(H,19,23). The van der Waals surface area contributed by atoms with E-state index in [0.29, 0.717) is 25.4 Å². The maximum atomic E-state index is 12.2. The number of carbonyl (C=O) groups is 1. The number of aliphatic hydroxyl groups excluding tert-OH is 1. The molecule has 2 N–H and O–H groups in total. The summed E-state index contributed by atoms with van der Waals surface area (Å²) in [5.41, 5.74) is 2.51. The molecule has 24 heavy (non-hydrogen) atoms. The molecule has 6 nitrogen and oxygen atoms in total. The third-order valence-electron chi connectivity index (χ3n) is 4.35. The summed E-state index contributed by atoms with van der Waals surface area (Å²) in [4.78, 5) is 14.3. The van der Waals surface area contributed by atoms with Crippen molar-refractivity contribution < 1.29 is 14.4 Å². The minimum absolute atomic E-state index is 0.244. The average molecular weight is 329 g/mol. The van der Waals surface area contributed by atoms with Crippen molar-refractivity contribution in [1.29, 1.82) is 0 Å². The first-order chi connectivity index (χ1) is 11.6. The van der Waals surface area contributed by atoms with Crippen LogP contribution >= 0.6 is 0 Å². The van der Waals surface area contributed by atoms with Gasteiger partial charge in [0, 0.05) is 19.2 Å². The van der Waals surface area contributed by atoms with Crippen LogP contribution in [0.4, 0.5) is 0 Å². The Kier molecular flexibility index (Phi) is 5.27. The highest BCUT2D eigenvalue weighted by atomic mass is 16.5. The second kappa shape index (κ2) is 7.59. The van der Waals surface area contributed by atoms with Crippen molar-refractivity contribution in [3.63, 3.8) is 0 Å². The fourth-order valence-corrected chi connectivity index (χ4v) is 2.96. The van der Waals surface area contributed by atoms with Crippen molar-refractivity contribution in [2.24, 2.45) is 0 Å². The van der Waals surface area contributed by atoms with Gasteiger partial charge in [-0.25, -0.2) is 0 Å². The van der Waals surface area contributed by atoms with E-state index in [2.05, 4.69) is 15.4 Å². The molecular formula is C18H23N3O3. The highest BCUT2D eigenvalue weighted by Crippen LogP contribution is 2.14. The summed E-state index contributed by atoms with van der Waals surface area (Å²) < 4.78 is 5.27. The van der Waals surface area contributed by atoms with Gasteiger partial charge >= 0.3 is 0 Å². The quantitative estimate of drug-likeness (QED) is 0.875. The van der Waals surface area contributed by atoms with E-state index in [-0.39, 0.29) is 17.7 Å². The van der Waals surface area contributed by atoms with Crippen LogP contribution in [0.5, 0.6) is 0 Å². The lowest BCUT2D eigenvalue weighted by molar-refractivity contribution is 0.0622. The van der Waals surface area contributed by atoms with Crippen LogP contribution in [-0.2, 0) is 13.1 Å². The van der Waals surface area contributed by atoms with Gasteiger partial charge < -0.3 is 14.9 Å². The van der Waals surface area contributed by atoms with Crippen LogP contribution in [0.3, 0.4) is 0 Å². The molecule has 1 saturated heterocycles. The van der Waals surface area contributed by atoms with E-state index >= 15 is 0 Å². The highest BCUT2D eigenvalue weighted by Gasteiger charge is 2.20. The van der Waals surface area contributed by atoms with Crippen LogP contribution in [0.15, 0.2) is 34.9 Å². The monoisotopic (exact) mass is 329 g/mol. The molecule has 1 unspecified atom stereocenters. The van der Waals surface area contributed by atoms with Crippen molar-refractivity contribution in [2.45, 2.75) is 39.0 Å². The van der Waals surface area contributed by atoms with Crippen LogP contribution in [0.1, 0.15) is 40.2 Å². The highest BCUT2D eigenvalue weighted by molar-refractivity contribution is 5.92. The molecule has 2 heterocycles. The Labute approximate surface area is 141 Å². The molecule has 0 saturated carbocycles. The molecule has 0 radical (unpaired) electrons. The molecular weight excluding hydrogens is 306 g/mol. The number of aryl methyl sites for hydroxylation is 1. The number of nitrogens with one attached hydrogen (secondary N) is 1. The van der Waals surface area contributed by atoms with Gasteiger partial charge in [-0.1, -0.05) is 29.4 Å². The van der Waals surface area contributed by atoms with E-state index in [9.17, 15) is 9.90 Å². The first-order valence-corrected chi connectivity index (χ1v) is 8.30. The molecule has 1 aromatic carbocycles. The smallest absolute Gasteiger partial charge is 0.273 e. The SMILES string of the molecule is Cc1ccccc1CNC(=O)c1cc(CN2CCCC(O)C2)on1. The van der Waals surface area contributed by atoms with Crippen molar-refractivity contribution in [1.82, 2.24) is 15.4 Å². The number of benzene rings is 1. The topological polar surface area (TPSA) is 78.6 Å². The summed E-state index contributed by atoms with van der Waals surface area (Å²) in [5, 5.41) is 16.4. The molecule has 1 aliphatic heterocycles.